The molecule has 3 aromatic rings. The molecule has 1 aliphatic heterocycles. The van der Waals surface area contributed by atoms with E-state index < -0.39 is 0 Å². The highest BCUT2D eigenvalue weighted by Crippen LogP contribution is 2.38. The van der Waals surface area contributed by atoms with Crippen molar-refractivity contribution in [3.8, 4) is 16.9 Å². The predicted molar refractivity (Wildman–Crippen MR) is 119 cm³/mol. The van der Waals surface area contributed by atoms with Gasteiger partial charge in [-0.05, 0) is 24.6 Å². The molecule has 1 aliphatic rings. The van der Waals surface area contributed by atoms with Crippen LogP contribution < -0.4 is 10.1 Å². The van der Waals surface area contributed by atoms with Crippen molar-refractivity contribution >= 4 is 39.2 Å². The molecular weight excluding hydrogens is 404 g/mol. The quantitative estimate of drug-likeness (QED) is 0.457. The zero-order valence-electron chi connectivity index (χ0n) is 16.4. The molecule has 0 atom stereocenters. The minimum atomic E-state index is 0.223. The maximum atomic E-state index is 12.4. The van der Waals surface area contributed by atoms with Crippen molar-refractivity contribution in [2.45, 2.75) is 18.4 Å². The van der Waals surface area contributed by atoms with Crippen molar-refractivity contribution in [1.82, 2.24) is 20.2 Å². The van der Waals surface area contributed by atoms with Gasteiger partial charge in [0.2, 0.25) is 5.91 Å². The molecule has 1 amide bonds. The van der Waals surface area contributed by atoms with Crippen LogP contribution in [0.5, 0.6) is 5.75 Å². The molecule has 0 aliphatic carbocycles. The summed E-state index contributed by atoms with van der Waals surface area (Å²) in [4.78, 5) is 24.3. The van der Waals surface area contributed by atoms with Gasteiger partial charge in [-0.2, -0.15) is 0 Å². The highest BCUT2D eigenvalue weighted by atomic mass is 32.2. The first-order valence-corrected chi connectivity index (χ1v) is 11.7. The summed E-state index contributed by atoms with van der Waals surface area (Å²) < 4.78 is 5.55. The summed E-state index contributed by atoms with van der Waals surface area (Å²) in [7, 11) is 0. The molecule has 1 fully saturated rings. The zero-order chi connectivity index (χ0) is 20.1. The fourth-order valence-electron chi connectivity index (χ4n) is 3.37. The van der Waals surface area contributed by atoms with E-state index in [9.17, 15) is 4.79 Å². The van der Waals surface area contributed by atoms with E-state index in [1.165, 1.54) is 0 Å². The van der Waals surface area contributed by atoms with Gasteiger partial charge in [-0.1, -0.05) is 12.1 Å². The molecule has 0 bridgehead atoms. The second-order valence-corrected chi connectivity index (χ2v) is 8.64. The standard InChI is InChI=1S/C21H24N4O2S2/c1-2-27-16-5-3-15(4-6-16)17-13-29-21-19(17)20(23-14-24-21)28-12-7-18(26)25-10-8-22-9-11-25/h3-6,13-14,22H,2,7-12H2,1H3. The monoisotopic (exact) mass is 428 g/mol. The van der Waals surface area contributed by atoms with Gasteiger partial charge in [-0.25, -0.2) is 9.97 Å². The van der Waals surface area contributed by atoms with Gasteiger partial charge < -0.3 is 15.0 Å². The SMILES string of the molecule is CCOc1ccc(-c2csc3ncnc(SCCC(=O)N4CCNCC4)c23)cc1. The first-order valence-electron chi connectivity index (χ1n) is 9.83. The van der Waals surface area contributed by atoms with E-state index in [4.69, 9.17) is 4.74 Å². The number of nitrogens with one attached hydrogen (secondary N) is 1. The van der Waals surface area contributed by atoms with E-state index in [1.807, 2.05) is 24.0 Å². The van der Waals surface area contributed by atoms with Crippen LogP contribution in [0.4, 0.5) is 0 Å². The third kappa shape index (κ3) is 4.71. The molecule has 0 spiro atoms. The summed E-state index contributed by atoms with van der Waals surface area (Å²) in [6.07, 6.45) is 2.14. The third-order valence-corrected chi connectivity index (χ3v) is 6.71. The van der Waals surface area contributed by atoms with E-state index in [-0.39, 0.29) is 5.91 Å². The van der Waals surface area contributed by atoms with Crippen LogP contribution in [0.15, 0.2) is 41.0 Å². The molecule has 1 saturated heterocycles. The third-order valence-electron chi connectivity index (χ3n) is 4.84. The Labute approximate surface area is 178 Å². The number of benzene rings is 1. The second-order valence-electron chi connectivity index (χ2n) is 6.69. The van der Waals surface area contributed by atoms with Crippen LogP contribution >= 0.6 is 23.1 Å². The Kier molecular flexibility index (Phi) is 6.63. The summed E-state index contributed by atoms with van der Waals surface area (Å²) in [6.45, 7) is 5.99. The molecule has 29 heavy (non-hydrogen) atoms. The molecule has 4 rings (SSSR count). The summed E-state index contributed by atoms with van der Waals surface area (Å²) in [5, 5.41) is 7.42. The molecule has 0 unspecified atom stereocenters. The highest BCUT2D eigenvalue weighted by Gasteiger charge is 2.17. The first-order chi connectivity index (χ1) is 14.3. The normalized spacial score (nSPS) is 14.3. The van der Waals surface area contributed by atoms with Crippen LogP contribution in [0, 0.1) is 0 Å². The highest BCUT2D eigenvalue weighted by molar-refractivity contribution is 7.99. The van der Waals surface area contributed by atoms with Crippen LogP contribution in [0.2, 0.25) is 0 Å². The van der Waals surface area contributed by atoms with Crippen molar-refractivity contribution < 1.29 is 9.53 Å². The van der Waals surface area contributed by atoms with E-state index in [1.54, 1.807) is 29.4 Å². The number of piperazine rings is 1. The minimum Gasteiger partial charge on any atom is -0.494 e. The Bertz CT molecular complexity index is 968. The van der Waals surface area contributed by atoms with E-state index >= 15 is 0 Å². The van der Waals surface area contributed by atoms with Gasteiger partial charge in [0, 0.05) is 49.3 Å². The summed E-state index contributed by atoms with van der Waals surface area (Å²) in [5.74, 6) is 1.81. The van der Waals surface area contributed by atoms with E-state index in [0.717, 1.165) is 58.3 Å². The number of carbonyl (C=O) groups excluding carboxylic acids is 1. The van der Waals surface area contributed by atoms with Gasteiger partial charge in [0.05, 0.1) is 12.0 Å². The van der Waals surface area contributed by atoms with Crippen LogP contribution in [-0.2, 0) is 4.79 Å². The molecule has 152 valence electrons. The maximum Gasteiger partial charge on any atom is 0.223 e. The van der Waals surface area contributed by atoms with Crippen molar-refractivity contribution in [2.24, 2.45) is 0 Å². The summed E-state index contributed by atoms with van der Waals surface area (Å²) in [5.41, 5.74) is 2.25. The fraction of sp³-hybridized carbons (Fsp3) is 0.381. The molecule has 1 aromatic carbocycles. The van der Waals surface area contributed by atoms with Crippen LogP contribution in [-0.4, -0.2) is 59.3 Å². The van der Waals surface area contributed by atoms with Gasteiger partial charge in [0.25, 0.3) is 0 Å². The summed E-state index contributed by atoms with van der Waals surface area (Å²) >= 11 is 3.26. The lowest BCUT2D eigenvalue weighted by Crippen LogP contribution is -2.46. The maximum absolute atomic E-state index is 12.4. The molecule has 1 N–H and O–H groups in total. The Morgan fingerprint density at radius 3 is 2.79 bits per heavy atom. The Morgan fingerprint density at radius 2 is 2.03 bits per heavy atom. The number of rotatable bonds is 7. The average molecular weight is 429 g/mol. The minimum absolute atomic E-state index is 0.223. The topological polar surface area (TPSA) is 67.4 Å². The molecule has 3 heterocycles. The number of carbonyl (C=O) groups is 1. The number of fused-ring (bicyclic) bond motifs is 1. The molecular formula is C21H24N4O2S2. The van der Waals surface area contributed by atoms with Crippen molar-refractivity contribution in [3.63, 3.8) is 0 Å². The molecule has 6 nitrogen and oxygen atoms in total. The smallest absolute Gasteiger partial charge is 0.223 e. The number of hydrogen-bond donors (Lipinski definition) is 1. The van der Waals surface area contributed by atoms with Crippen LogP contribution in [0.25, 0.3) is 21.3 Å². The first kappa shape index (κ1) is 20.1. The Balaban J connectivity index is 1.49. The number of aromatic nitrogens is 2. The zero-order valence-corrected chi connectivity index (χ0v) is 18.0. The van der Waals surface area contributed by atoms with Gasteiger partial charge in [0.1, 0.15) is 21.9 Å². The van der Waals surface area contributed by atoms with Gasteiger partial charge in [-0.15, -0.1) is 23.1 Å². The number of amides is 1. The lowest BCUT2D eigenvalue weighted by Gasteiger charge is -2.27. The lowest BCUT2D eigenvalue weighted by molar-refractivity contribution is -0.131. The largest absolute Gasteiger partial charge is 0.494 e. The Morgan fingerprint density at radius 1 is 1.24 bits per heavy atom. The Hall–Kier alpha value is -2.16. The second kappa shape index (κ2) is 9.56. The number of thiophene rings is 1. The lowest BCUT2D eigenvalue weighted by atomic mass is 10.1. The fourth-order valence-corrected chi connectivity index (χ4v) is 5.30. The molecule has 0 radical (unpaired) electrons. The molecule has 2 aromatic heterocycles. The van der Waals surface area contributed by atoms with Crippen LogP contribution in [0.3, 0.4) is 0 Å². The van der Waals surface area contributed by atoms with Crippen LogP contribution in [0.1, 0.15) is 13.3 Å². The summed E-state index contributed by atoms with van der Waals surface area (Å²) in [6, 6.07) is 8.12. The van der Waals surface area contributed by atoms with Crippen molar-refractivity contribution in [3.05, 3.63) is 36.0 Å². The average Bonchev–Trinajstić information content (AvgIpc) is 3.20. The van der Waals surface area contributed by atoms with Gasteiger partial charge in [-0.3, -0.25) is 4.79 Å². The predicted octanol–water partition coefficient (Wildman–Crippen LogP) is 3.67. The van der Waals surface area contributed by atoms with Gasteiger partial charge >= 0.3 is 0 Å². The number of thioether (sulfide) groups is 1. The van der Waals surface area contributed by atoms with E-state index in [0.29, 0.717) is 18.8 Å². The van der Waals surface area contributed by atoms with Crippen molar-refractivity contribution in [2.75, 3.05) is 38.5 Å². The number of hydrogen-bond acceptors (Lipinski definition) is 7. The molecule has 0 saturated carbocycles. The number of nitrogens with zero attached hydrogens (tertiary/aromatic N) is 3. The van der Waals surface area contributed by atoms with Gasteiger partial charge in [0.15, 0.2) is 0 Å². The van der Waals surface area contributed by atoms with E-state index in [2.05, 4.69) is 32.8 Å². The van der Waals surface area contributed by atoms with Crippen molar-refractivity contribution in [1.29, 1.82) is 0 Å². The number of ether oxygens (including phenoxy) is 1. The molecule has 8 heteroatoms.